The summed E-state index contributed by atoms with van der Waals surface area (Å²) in [6, 6.07) is 8.91. The number of carbonyl (C=O) groups is 1. The molecule has 0 aliphatic rings. The molecule has 1 amide bonds. The van der Waals surface area contributed by atoms with Crippen LogP contribution < -0.4 is 11.3 Å². The summed E-state index contributed by atoms with van der Waals surface area (Å²) >= 11 is 12.0. The molecule has 130 valence electrons. The van der Waals surface area contributed by atoms with E-state index < -0.39 is 12.3 Å². The number of fused-ring (bicyclic) bond motifs is 1. The quantitative estimate of drug-likeness (QED) is 0.406. The number of nitrogens with one attached hydrogen (secondary N) is 1. The van der Waals surface area contributed by atoms with Crippen molar-refractivity contribution in [2.24, 2.45) is 5.84 Å². The van der Waals surface area contributed by atoms with Crippen molar-refractivity contribution in [3.63, 3.8) is 0 Å². The molecular weight excluding hydrogens is 373 g/mol. The van der Waals surface area contributed by atoms with Crippen molar-refractivity contribution < 1.29 is 13.6 Å². The Bertz CT molecular complexity index is 959. The van der Waals surface area contributed by atoms with Gasteiger partial charge in [-0.25, -0.2) is 14.6 Å². The van der Waals surface area contributed by atoms with Gasteiger partial charge in [-0.3, -0.25) is 14.9 Å². The number of amides is 1. The number of benzene rings is 2. The van der Waals surface area contributed by atoms with Crippen LogP contribution in [0.25, 0.3) is 10.9 Å². The summed E-state index contributed by atoms with van der Waals surface area (Å²) in [5, 5.41) is 5.50. The highest BCUT2D eigenvalue weighted by Crippen LogP contribution is 2.28. The van der Waals surface area contributed by atoms with E-state index in [0.717, 1.165) is 0 Å². The summed E-state index contributed by atoms with van der Waals surface area (Å²) in [7, 11) is 0. The summed E-state index contributed by atoms with van der Waals surface area (Å²) in [6.07, 6.45) is -2.64. The summed E-state index contributed by atoms with van der Waals surface area (Å²) in [5.74, 6) is 4.56. The Morgan fingerprint density at radius 3 is 2.64 bits per heavy atom. The third-order valence-electron chi connectivity index (χ3n) is 3.71. The van der Waals surface area contributed by atoms with Gasteiger partial charge in [0.05, 0.1) is 12.1 Å². The number of hydrogen-bond donors (Lipinski definition) is 2. The first-order valence-electron chi connectivity index (χ1n) is 7.14. The Morgan fingerprint density at radius 2 is 2.00 bits per heavy atom. The molecule has 0 bridgehead atoms. The lowest BCUT2D eigenvalue weighted by molar-refractivity contribution is 0.0949. The highest BCUT2D eigenvalue weighted by molar-refractivity contribution is 6.35. The van der Waals surface area contributed by atoms with Gasteiger partial charge in [-0.1, -0.05) is 35.3 Å². The van der Waals surface area contributed by atoms with Crippen LogP contribution in [0.1, 0.15) is 28.0 Å². The molecule has 1 heterocycles. The number of rotatable bonds is 4. The van der Waals surface area contributed by atoms with Crippen LogP contribution in [0.15, 0.2) is 36.4 Å². The van der Waals surface area contributed by atoms with Crippen LogP contribution >= 0.6 is 23.2 Å². The van der Waals surface area contributed by atoms with E-state index in [0.29, 0.717) is 26.5 Å². The normalized spacial score (nSPS) is 11.3. The summed E-state index contributed by atoms with van der Waals surface area (Å²) < 4.78 is 27.5. The van der Waals surface area contributed by atoms with Crippen molar-refractivity contribution in [1.82, 2.24) is 15.2 Å². The van der Waals surface area contributed by atoms with Gasteiger partial charge in [0.25, 0.3) is 12.3 Å². The van der Waals surface area contributed by atoms with Crippen LogP contribution in [0.2, 0.25) is 10.0 Å². The van der Waals surface area contributed by atoms with E-state index in [4.69, 9.17) is 29.0 Å². The molecule has 0 radical (unpaired) electrons. The maximum atomic E-state index is 13.0. The average molecular weight is 385 g/mol. The van der Waals surface area contributed by atoms with Gasteiger partial charge in [0.15, 0.2) is 5.69 Å². The van der Waals surface area contributed by atoms with Gasteiger partial charge >= 0.3 is 0 Å². The molecule has 1 aromatic heterocycles. The average Bonchev–Trinajstić information content (AvgIpc) is 2.94. The number of hydrogen-bond acceptors (Lipinski definition) is 3. The summed E-state index contributed by atoms with van der Waals surface area (Å²) in [4.78, 5) is 11.9. The molecule has 0 saturated heterocycles. The predicted molar refractivity (Wildman–Crippen MR) is 91.9 cm³/mol. The smallest absolute Gasteiger partial charge is 0.286 e. The van der Waals surface area contributed by atoms with Crippen LogP contribution in [0.5, 0.6) is 0 Å². The largest absolute Gasteiger partial charge is 0.289 e. The van der Waals surface area contributed by atoms with Gasteiger partial charge in [0.1, 0.15) is 0 Å². The van der Waals surface area contributed by atoms with Crippen LogP contribution in [0, 0.1) is 0 Å². The third-order valence-corrected chi connectivity index (χ3v) is 4.30. The third kappa shape index (κ3) is 3.44. The number of alkyl halides is 2. The van der Waals surface area contributed by atoms with E-state index in [9.17, 15) is 13.6 Å². The Hall–Kier alpha value is -2.22. The molecule has 2 aromatic carbocycles. The van der Waals surface area contributed by atoms with Crippen molar-refractivity contribution >= 4 is 40.0 Å². The molecule has 0 saturated carbocycles. The molecule has 0 aliphatic heterocycles. The number of halogens is 4. The topological polar surface area (TPSA) is 72.9 Å². The van der Waals surface area contributed by atoms with Crippen LogP contribution in [-0.4, -0.2) is 15.7 Å². The van der Waals surface area contributed by atoms with Gasteiger partial charge < -0.3 is 0 Å². The van der Waals surface area contributed by atoms with Crippen molar-refractivity contribution in [3.05, 3.63) is 63.3 Å². The van der Waals surface area contributed by atoms with Crippen molar-refractivity contribution in [3.8, 4) is 0 Å². The lowest BCUT2D eigenvalue weighted by Gasteiger charge is -2.07. The molecule has 3 aromatic rings. The van der Waals surface area contributed by atoms with Crippen LogP contribution in [0.3, 0.4) is 0 Å². The zero-order chi connectivity index (χ0) is 18.1. The van der Waals surface area contributed by atoms with Gasteiger partial charge in [0, 0.05) is 21.0 Å². The second-order valence-corrected chi connectivity index (χ2v) is 6.14. The molecule has 0 spiro atoms. The highest BCUT2D eigenvalue weighted by Gasteiger charge is 2.19. The monoisotopic (exact) mass is 384 g/mol. The molecule has 3 N–H and O–H groups in total. The van der Waals surface area contributed by atoms with E-state index >= 15 is 0 Å². The number of nitrogen functional groups attached to an aromatic ring is 1. The van der Waals surface area contributed by atoms with Gasteiger partial charge in [-0.15, -0.1) is 0 Å². The van der Waals surface area contributed by atoms with Crippen molar-refractivity contribution in [2.45, 2.75) is 13.0 Å². The molecule has 0 aliphatic carbocycles. The van der Waals surface area contributed by atoms with Crippen LogP contribution in [-0.2, 0) is 6.54 Å². The Morgan fingerprint density at radius 1 is 1.24 bits per heavy atom. The summed E-state index contributed by atoms with van der Waals surface area (Å²) in [5.41, 5.74) is 2.93. The number of nitrogens with two attached hydrogens (primary N) is 1. The molecule has 0 atom stereocenters. The molecule has 3 rings (SSSR count). The first-order valence-corrected chi connectivity index (χ1v) is 7.89. The molecule has 0 unspecified atom stereocenters. The lowest BCUT2D eigenvalue weighted by Crippen LogP contribution is -2.30. The maximum Gasteiger partial charge on any atom is 0.286 e. The zero-order valence-electron chi connectivity index (χ0n) is 12.6. The Labute approximate surface area is 151 Å². The second kappa shape index (κ2) is 6.95. The number of nitrogens with zero attached hydrogens (tertiary/aromatic N) is 2. The minimum atomic E-state index is -2.64. The first-order chi connectivity index (χ1) is 11.9. The highest BCUT2D eigenvalue weighted by atomic mass is 35.5. The van der Waals surface area contributed by atoms with Crippen molar-refractivity contribution in [2.75, 3.05) is 0 Å². The first kappa shape index (κ1) is 17.6. The van der Waals surface area contributed by atoms with Gasteiger partial charge in [-0.05, 0) is 29.8 Å². The van der Waals surface area contributed by atoms with E-state index in [-0.39, 0.29) is 17.8 Å². The standard InChI is InChI=1S/C16H12Cl2F2N4O/c17-10-3-1-9(12(18)6-10)7-24-13-5-8(15(19)20)2-4-11(13)14(23-24)16(25)22-21/h1-6,15H,7,21H2,(H,22,25). The number of aromatic nitrogens is 2. The van der Waals surface area contributed by atoms with E-state index in [1.165, 1.54) is 22.9 Å². The van der Waals surface area contributed by atoms with E-state index in [2.05, 4.69) is 5.10 Å². The lowest BCUT2D eigenvalue weighted by atomic mass is 10.1. The molecule has 9 heteroatoms. The van der Waals surface area contributed by atoms with Gasteiger partial charge in [-0.2, -0.15) is 5.10 Å². The number of hydrazine groups is 1. The van der Waals surface area contributed by atoms with Crippen molar-refractivity contribution in [1.29, 1.82) is 0 Å². The minimum Gasteiger partial charge on any atom is -0.289 e. The zero-order valence-corrected chi connectivity index (χ0v) is 14.2. The fourth-order valence-electron chi connectivity index (χ4n) is 2.49. The predicted octanol–water partition coefficient (Wildman–Crippen LogP) is 3.93. The van der Waals surface area contributed by atoms with E-state index in [1.54, 1.807) is 18.2 Å². The molecular formula is C16H12Cl2F2N4O. The van der Waals surface area contributed by atoms with E-state index in [1.807, 2.05) is 5.43 Å². The fourth-order valence-corrected chi connectivity index (χ4v) is 2.96. The number of carbonyl (C=O) groups excluding carboxylic acids is 1. The Kier molecular flexibility index (Phi) is 4.89. The van der Waals surface area contributed by atoms with Gasteiger partial charge in [0.2, 0.25) is 0 Å². The fraction of sp³-hybridized carbons (Fsp3) is 0.125. The maximum absolute atomic E-state index is 13.0. The molecule has 0 fully saturated rings. The Balaban J connectivity index is 2.15. The summed E-state index contributed by atoms with van der Waals surface area (Å²) in [6.45, 7) is 0.178. The molecule has 25 heavy (non-hydrogen) atoms. The SMILES string of the molecule is NNC(=O)c1nn(Cc2ccc(Cl)cc2Cl)c2cc(C(F)F)ccc12. The minimum absolute atomic E-state index is 0.0448. The molecule has 5 nitrogen and oxygen atoms in total. The second-order valence-electron chi connectivity index (χ2n) is 5.29. The van der Waals surface area contributed by atoms with Crippen LogP contribution in [0.4, 0.5) is 8.78 Å².